The number of nitrogens with one attached hydrogen (secondary N) is 1. The van der Waals surface area contributed by atoms with Gasteiger partial charge in [-0.3, -0.25) is 10.00 Å². The second-order valence-electron chi connectivity index (χ2n) is 6.16. The molecule has 0 saturated carbocycles. The number of aryl methyl sites for hydroxylation is 1. The van der Waals surface area contributed by atoms with Crippen LogP contribution in [-0.4, -0.2) is 37.3 Å². The van der Waals surface area contributed by atoms with Crippen LogP contribution < -0.4 is 4.74 Å². The van der Waals surface area contributed by atoms with Gasteiger partial charge in [0.2, 0.25) is 0 Å². The van der Waals surface area contributed by atoms with Gasteiger partial charge in [0, 0.05) is 43.6 Å². The van der Waals surface area contributed by atoms with E-state index in [0.29, 0.717) is 12.6 Å². The maximum absolute atomic E-state index is 6.04. The third-order valence-corrected chi connectivity index (χ3v) is 4.51. The van der Waals surface area contributed by atoms with Crippen molar-refractivity contribution in [2.24, 2.45) is 0 Å². The number of aromatic nitrogens is 4. The zero-order valence-corrected chi connectivity index (χ0v) is 13.5. The average molecular weight is 323 g/mol. The number of aromatic amines is 1. The highest BCUT2D eigenvalue weighted by atomic mass is 16.5. The van der Waals surface area contributed by atoms with Crippen molar-refractivity contribution < 1.29 is 4.74 Å². The zero-order valence-electron chi connectivity index (χ0n) is 13.5. The quantitative estimate of drug-likeness (QED) is 0.783. The molecule has 1 aliphatic heterocycles. The van der Waals surface area contributed by atoms with E-state index >= 15 is 0 Å². The summed E-state index contributed by atoms with van der Waals surface area (Å²) in [7, 11) is 0. The molecule has 1 aromatic carbocycles. The van der Waals surface area contributed by atoms with Gasteiger partial charge in [-0.05, 0) is 18.6 Å². The van der Waals surface area contributed by atoms with Crippen molar-refractivity contribution in [2.45, 2.75) is 32.1 Å². The Labute approximate surface area is 141 Å². The maximum Gasteiger partial charge on any atom is 0.119 e. The molecule has 24 heavy (non-hydrogen) atoms. The van der Waals surface area contributed by atoms with Crippen molar-refractivity contribution in [3.05, 3.63) is 66.5 Å². The van der Waals surface area contributed by atoms with E-state index in [1.54, 1.807) is 0 Å². The van der Waals surface area contributed by atoms with E-state index in [1.165, 1.54) is 11.3 Å². The molecule has 6 heteroatoms. The van der Waals surface area contributed by atoms with E-state index in [1.807, 2.05) is 55.2 Å². The highest BCUT2D eigenvalue weighted by Gasteiger charge is 2.25. The fourth-order valence-corrected chi connectivity index (χ4v) is 3.17. The van der Waals surface area contributed by atoms with Crippen molar-refractivity contribution >= 4 is 0 Å². The van der Waals surface area contributed by atoms with Crippen molar-refractivity contribution in [1.82, 2.24) is 24.6 Å². The third kappa shape index (κ3) is 3.33. The number of imidazole rings is 1. The van der Waals surface area contributed by atoms with Crippen molar-refractivity contribution in [3.8, 4) is 5.75 Å². The molecule has 0 unspecified atom stereocenters. The van der Waals surface area contributed by atoms with Crippen LogP contribution in [0.1, 0.15) is 17.7 Å². The summed E-state index contributed by atoms with van der Waals surface area (Å²) < 4.78 is 8.28. The summed E-state index contributed by atoms with van der Waals surface area (Å²) >= 11 is 0. The second kappa shape index (κ2) is 6.88. The van der Waals surface area contributed by atoms with E-state index < -0.39 is 0 Å². The second-order valence-corrected chi connectivity index (χ2v) is 6.16. The number of para-hydroxylation sites is 1. The van der Waals surface area contributed by atoms with Gasteiger partial charge in [-0.15, -0.1) is 0 Å². The van der Waals surface area contributed by atoms with Crippen LogP contribution in [0.3, 0.4) is 0 Å². The lowest BCUT2D eigenvalue weighted by Gasteiger charge is -2.29. The molecule has 3 heterocycles. The minimum atomic E-state index is 0.347. The molecule has 1 atom stereocenters. The van der Waals surface area contributed by atoms with Gasteiger partial charge in [-0.1, -0.05) is 18.2 Å². The van der Waals surface area contributed by atoms with Crippen molar-refractivity contribution in [3.63, 3.8) is 0 Å². The Kier molecular flexibility index (Phi) is 4.29. The fourth-order valence-electron chi connectivity index (χ4n) is 3.17. The zero-order chi connectivity index (χ0) is 16.2. The van der Waals surface area contributed by atoms with Crippen molar-refractivity contribution in [2.75, 3.05) is 6.61 Å². The third-order valence-electron chi connectivity index (χ3n) is 4.51. The Morgan fingerprint density at radius 3 is 2.96 bits per heavy atom. The molecule has 0 radical (unpaired) electrons. The topological polar surface area (TPSA) is 59.0 Å². The molecule has 1 aliphatic rings. The number of fused-ring (bicyclic) bond motifs is 1. The summed E-state index contributed by atoms with van der Waals surface area (Å²) in [6.45, 7) is 3.37. The van der Waals surface area contributed by atoms with Gasteiger partial charge in [-0.25, -0.2) is 4.98 Å². The maximum atomic E-state index is 6.04. The van der Waals surface area contributed by atoms with E-state index in [4.69, 9.17) is 4.74 Å². The molecule has 0 bridgehead atoms. The number of nitrogens with zero attached hydrogens (tertiary/aromatic N) is 4. The smallest absolute Gasteiger partial charge is 0.119 e. The lowest BCUT2D eigenvalue weighted by atomic mass is 10.1. The van der Waals surface area contributed by atoms with Gasteiger partial charge in [0.05, 0.1) is 18.2 Å². The lowest BCUT2D eigenvalue weighted by Crippen LogP contribution is -2.37. The largest absolute Gasteiger partial charge is 0.492 e. The molecule has 2 aromatic heterocycles. The highest BCUT2D eigenvalue weighted by molar-refractivity contribution is 5.21. The minimum Gasteiger partial charge on any atom is -0.492 e. The molecule has 124 valence electrons. The first-order valence-electron chi connectivity index (χ1n) is 8.27. The number of hydrogen-bond donors (Lipinski definition) is 1. The van der Waals surface area contributed by atoms with Gasteiger partial charge >= 0.3 is 0 Å². The van der Waals surface area contributed by atoms with E-state index in [9.17, 15) is 0 Å². The molecule has 0 spiro atoms. The van der Waals surface area contributed by atoms with Crippen LogP contribution >= 0.6 is 0 Å². The van der Waals surface area contributed by atoms with Crippen LogP contribution in [0.25, 0.3) is 0 Å². The van der Waals surface area contributed by atoms with Gasteiger partial charge in [0.25, 0.3) is 0 Å². The molecular weight excluding hydrogens is 302 g/mol. The number of rotatable bonds is 5. The summed E-state index contributed by atoms with van der Waals surface area (Å²) in [4.78, 5) is 6.73. The standard InChI is InChI=1S/C18H21N5O/c1-2-4-18(5-3-1)24-13-16-6-7-22-14-19-10-17(22)12-23(16)11-15-8-20-21-9-15/h1-5,8-10,14,16H,6-7,11-13H2,(H,20,21)/t16-/m1/s1. The molecule has 3 aromatic rings. The van der Waals surface area contributed by atoms with Gasteiger partial charge < -0.3 is 9.30 Å². The first kappa shape index (κ1) is 15.0. The summed E-state index contributed by atoms with van der Waals surface area (Å²) in [5.41, 5.74) is 2.44. The molecule has 0 saturated heterocycles. The number of benzene rings is 1. The van der Waals surface area contributed by atoms with E-state index in [-0.39, 0.29) is 0 Å². The normalized spacial score (nSPS) is 18.1. The van der Waals surface area contributed by atoms with Crippen LogP contribution in [0, 0.1) is 0 Å². The molecule has 1 N–H and O–H groups in total. The van der Waals surface area contributed by atoms with Gasteiger partial charge in [0.1, 0.15) is 12.4 Å². The monoisotopic (exact) mass is 323 g/mol. The number of ether oxygens (including phenoxy) is 1. The fraction of sp³-hybridized carbons (Fsp3) is 0.333. The summed E-state index contributed by atoms with van der Waals surface area (Å²) in [5, 5.41) is 6.96. The van der Waals surface area contributed by atoms with Crippen LogP contribution in [0.4, 0.5) is 0 Å². The Morgan fingerprint density at radius 2 is 2.12 bits per heavy atom. The predicted octanol–water partition coefficient (Wildman–Crippen LogP) is 2.46. The van der Waals surface area contributed by atoms with Crippen LogP contribution in [-0.2, 0) is 19.6 Å². The van der Waals surface area contributed by atoms with Gasteiger partial charge in [-0.2, -0.15) is 5.10 Å². The highest BCUT2D eigenvalue weighted by Crippen LogP contribution is 2.21. The van der Waals surface area contributed by atoms with Crippen LogP contribution in [0.2, 0.25) is 0 Å². The molecule has 0 aliphatic carbocycles. The van der Waals surface area contributed by atoms with E-state index in [0.717, 1.165) is 31.8 Å². The van der Waals surface area contributed by atoms with Crippen LogP contribution in [0.15, 0.2) is 55.2 Å². The Morgan fingerprint density at radius 1 is 1.21 bits per heavy atom. The molecule has 0 fully saturated rings. The van der Waals surface area contributed by atoms with E-state index in [2.05, 4.69) is 24.6 Å². The Hall–Kier alpha value is -2.60. The molecule has 4 rings (SSSR count). The predicted molar refractivity (Wildman–Crippen MR) is 90.4 cm³/mol. The molecular formula is C18H21N5O. The average Bonchev–Trinajstić information content (AvgIpc) is 3.25. The summed E-state index contributed by atoms with van der Waals surface area (Å²) in [6.07, 6.45) is 8.76. The number of H-pyrrole nitrogens is 1. The first-order chi connectivity index (χ1) is 11.9. The molecule has 6 nitrogen and oxygen atoms in total. The SMILES string of the molecule is c1ccc(OC[C@H]2CCn3cncc3CN2Cc2cn[nH]c2)cc1. The Bertz CT molecular complexity index is 753. The summed E-state index contributed by atoms with van der Waals surface area (Å²) in [6, 6.07) is 10.4. The van der Waals surface area contributed by atoms with Crippen molar-refractivity contribution in [1.29, 1.82) is 0 Å². The lowest BCUT2D eigenvalue weighted by molar-refractivity contribution is 0.118. The summed E-state index contributed by atoms with van der Waals surface area (Å²) in [5.74, 6) is 0.922. The molecule has 0 amide bonds. The van der Waals surface area contributed by atoms with Gasteiger partial charge in [0.15, 0.2) is 0 Å². The van der Waals surface area contributed by atoms with Crippen LogP contribution in [0.5, 0.6) is 5.75 Å². The minimum absolute atomic E-state index is 0.347. The Balaban J connectivity index is 1.50. The first-order valence-corrected chi connectivity index (χ1v) is 8.27. The number of hydrogen-bond acceptors (Lipinski definition) is 4.